The van der Waals surface area contributed by atoms with Crippen molar-refractivity contribution >= 4 is 21.6 Å². The van der Waals surface area contributed by atoms with Crippen LogP contribution in [-0.2, 0) is 27.4 Å². The van der Waals surface area contributed by atoms with Gasteiger partial charge in [0.15, 0.2) is 11.5 Å². The predicted molar refractivity (Wildman–Crippen MR) is 124 cm³/mol. The molecule has 0 aliphatic heterocycles. The Morgan fingerprint density at radius 2 is 1.60 bits per heavy atom. The molecule has 2 N–H and O–H groups in total. The molecule has 0 aliphatic rings. The first-order valence-corrected chi connectivity index (χ1v) is 11.8. The van der Waals surface area contributed by atoms with Crippen molar-refractivity contribution in [2.75, 3.05) is 19.5 Å². The highest BCUT2D eigenvalue weighted by atomic mass is 32.2. The molecule has 7 nitrogen and oxygen atoms in total. The maximum atomic E-state index is 13.1. The number of alkyl halides is 3. The molecule has 1 unspecified atom stereocenters. The van der Waals surface area contributed by atoms with Gasteiger partial charge in [-0.25, -0.2) is 8.42 Å². The average Bonchev–Trinajstić information content (AvgIpc) is 2.83. The number of rotatable bonds is 9. The molecular formula is C24H23F3N2O5S. The molecule has 0 spiro atoms. The van der Waals surface area contributed by atoms with Crippen molar-refractivity contribution in [3.05, 3.63) is 83.9 Å². The lowest BCUT2D eigenvalue weighted by Gasteiger charge is -2.20. The van der Waals surface area contributed by atoms with Gasteiger partial charge in [0.25, 0.3) is 0 Å². The highest BCUT2D eigenvalue weighted by molar-refractivity contribution is 7.89. The van der Waals surface area contributed by atoms with E-state index in [2.05, 4.69) is 10.0 Å². The van der Waals surface area contributed by atoms with E-state index >= 15 is 0 Å². The van der Waals surface area contributed by atoms with Crippen molar-refractivity contribution < 1.29 is 35.9 Å². The molecule has 0 radical (unpaired) electrons. The summed E-state index contributed by atoms with van der Waals surface area (Å²) in [4.78, 5) is 12.9. The summed E-state index contributed by atoms with van der Waals surface area (Å²) in [6.45, 7) is 0. The minimum Gasteiger partial charge on any atom is -0.493 e. The van der Waals surface area contributed by atoms with Crippen molar-refractivity contribution in [3.63, 3.8) is 0 Å². The molecule has 0 heterocycles. The Bertz CT molecular complexity index is 1280. The quantitative estimate of drug-likeness (QED) is 0.451. The summed E-state index contributed by atoms with van der Waals surface area (Å²) in [6.07, 6.45) is -4.64. The number of carbonyl (C=O) groups is 1. The third kappa shape index (κ3) is 6.74. The Hall–Kier alpha value is -3.57. The molecule has 11 heteroatoms. The normalized spacial score (nSPS) is 12.6. The number of methoxy groups -OCH3 is 2. The molecule has 35 heavy (non-hydrogen) atoms. The molecule has 0 fully saturated rings. The lowest BCUT2D eigenvalue weighted by Crippen LogP contribution is -2.45. The number of hydrogen-bond donors (Lipinski definition) is 2. The van der Waals surface area contributed by atoms with E-state index in [-0.39, 0.29) is 22.8 Å². The van der Waals surface area contributed by atoms with Gasteiger partial charge in [0.05, 0.1) is 24.7 Å². The van der Waals surface area contributed by atoms with E-state index in [0.29, 0.717) is 11.3 Å². The van der Waals surface area contributed by atoms with Crippen molar-refractivity contribution in [2.45, 2.75) is 23.5 Å². The van der Waals surface area contributed by atoms with Gasteiger partial charge in [-0.1, -0.05) is 36.4 Å². The Morgan fingerprint density at radius 1 is 0.914 bits per heavy atom. The number of amides is 1. The molecule has 0 bridgehead atoms. The second-order valence-corrected chi connectivity index (χ2v) is 9.16. The number of ether oxygens (including phenoxy) is 2. The second kappa shape index (κ2) is 10.8. The molecule has 0 aromatic heterocycles. The molecule has 3 aromatic rings. The molecule has 0 aliphatic carbocycles. The van der Waals surface area contributed by atoms with Crippen LogP contribution < -0.4 is 19.5 Å². The van der Waals surface area contributed by atoms with Crippen molar-refractivity contribution in [2.24, 2.45) is 0 Å². The maximum Gasteiger partial charge on any atom is 0.416 e. The highest BCUT2D eigenvalue weighted by Gasteiger charge is 2.31. The number of sulfonamides is 1. The van der Waals surface area contributed by atoms with Crippen LogP contribution in [0.5, 0.6) is 11.5 Å². The van der Waals surface area contributed by atoms with Crippen LogP contribution in [0.1, 0.15) is 11.1 Å². The monoisotopic (exact) mass is 508 g/mol. The maximum absolute atomic E-state index is 13.1. The number of anilines is 1. The van der Waals surface area contributed by atoms with Crippen LogP contribution in [0.3, 0.4) is 0 Å². The molecule has 1 amide bonds. The number of carbonyl (C=O) groups excluding carboxylic acids is 1. The van der Waals surface area contributed by atoms with Gasteiger partial charge in [0.1, 0.15) is 6.04 Å². The topological polar surface area (TPSA) is 93.7 Å². The van der Waals surface area contributed by atoms with E-state index in [0.717, 1.165) is 18.2 Å². The van der Waals surface area contributed by atoms with E-state index in [9.17, 15) is 26.4 Å². The minimum absolute atomic E-state index is 0.0435. The van der Waals surface area contributed by atoms with Crippen molar-refractivity contribution in [1.82, 2.24) is 4.72 Å². The largest absolute Gasteiger partial charge is 0.493 e. The zero-order valence-electron chi connectivity index (χ0n) is 18.8. The van der Waals surface area contributed by atoms with Gasteiger partial charge < -0.3 is 14.8 Å². The second-order valence-electron chi connectivity index (χ2n) is 7.45. The van der Waals surface area contributed by atoms with Crippen LogP contribution in [0.2, 0.25) is 0 Å². The summed E-state index contributed by atoms with van der Waals surface area (Å²) < 4.78 is 78.0. The molecule has 3 rings (SSSR count). The standard InChI is InChI=1S/C24H23F3N2O5S/c1-33-21-12-11-19(15-22(21)34-2)35(31,32)29-20(13-16-7-4-3-5-8-16)23(30)28-18-10-6-9-17(14-18)24(25,26)27/h3-12,14-15,20,29H,13H2,1-2H3,(H,28,30). The fraction of sp³-hybridized carbons (Fsp3) is 0.208. The van der Waals surface area contributed by atoms with Crippen LogP contribution in [0.15, 0.2) is 77.7 Å². The number of nitrogens with one attached hydrogen (secondary N) is 2. The van der Waals surface area contributed by atoms with E-state index < -0.39 is 33.7 Å². The third-order valence-electron chi connectivity index (χ3n) is 5.02. The third-order valence-corrected chi connectivity index (χ3v) is 6.49. The van der Waals surface area contributed by atoms with Crippen LogP contribution in [0.25, 0.3) is 0 Å². The number of benzene rings is 3. The number of hydrogen-bond acceptors (Lipinski definition) is 5. The lowest BCUT2D eigenvalue weighted by molar-refractivity contribution is -0.137. The minimum atomic E-state index is -4.60. The van der Waals surface area contributed by atoms with E-state index in [1.165, 1.54) is 38.5 Å². The summed E-state index contributed by atoms with van der Waals surface area (Å²) in [7, 11) is -1.48. The first kappa shape index (κ1) is 26.0. The molecule has 0 saturated carbocycles. The Kier molecular flexibility index (Phi) is 8.03. The van der Waals surface area contributed by atoms with Crippen molar-refractivity contribution in [1.29, 1.82) is 0 Å². The first-order valence-electron chi connectivity index (χ1n) is 10.3. The summed E-state index contributed by atoms with van der Waals surface area (Å²) in [5.74, 6) is -0.338. The van der Waals surface area contributed by atoms with Gasteiger partial charge in [-0.15, -0.1) is 0 Å². The van der Waals surface area contributed by atoms with Gasteiger partial charge >= 0.3 is 6.18 Å². The van der Waals surface area contributed by atoms with E-state index in [1.807, 2.05) is 0 Å². The molecule has 186 valence electrons. The number of halogens is 3. The molecular weight excluding hydrogens is 485 g/mol. The fourth-order valence-electron chi connectivity index (χ4n) is 3.28. The Balaban J connectivity index is 1.90. The first-order chi connectivity index (χ1) is 16.5. The van der Waals surface area contributed by atoms with Gasteiger partial charge in [0, 0.05) is 11.8 Å². The molecule has 3 aromatic carbocycles. The van der Waals surface area contributed by atoms with Crippen LogP contribution >= 0.6 is 0 Å². The fourth-order valence-corrected chi connectivity index (χ4v) is 4.49. The summed E-state index contributed by atoms with van der Waals surface area (Å²) in [5, 5.41) is 2.38. The zero-order chi connectivity index (χ0) is 25.6. The SMILES string of the molecule is COc1ccc(S(=O)(=O)NC(Cc2ccccc2)C(=O)Nc2cccc(C(F)(F)F)c2)cc1OC. The van der Waals surface area contributed by atoms with Gasteiger partial charge in [-0.2, -0.15) is 17.9 Å². The van der Waals surface area contributed by atoms with Gasteiger partial charge in [-0.05, 0) is 42.3 Å². The average molecular weight is 509 g/mol. The molecule has 1 atom stereocenters. The van der Waals surface area contributed by atoms with Crippen LogP contribution in [0.4, 0.5) is 18.9 Å². The molecule has 0 saturated heterocycles. The summed E-state index contributed by atoms with van der Waals surface area (Å²) in [5.41, 5.74) is -0.416. The van der Waals surface area contributed by atoms with Gasteiger partial charge in [0.2, 0.25) is 15.9 Å². The van der Waals surface area contributed by atoms with E-state index in [4.69, 9.17) is 9.47 Å². The van der Waals surface area contributed by atoms with Gasteiger partial charge in [-0.3, -0.25) is 4.79 Å². The lowest BCUT2D eigenvalue weighted by atomic mass is 10.1. The Morgan fingerprint density at radius 3 is 2.23 bits per heavy atom. The van der Waals surface area contributed by atoms with Crippen LogP contribution in [0, 0.1) is 0 Å². The zero-order valence-corrected chi connectivity index (χ0v) is 19.6. The highest BCUT2D eigenvalue weighted by Crippen LogP contribution is 2.31. The summed E-state index contributed by atoms with van der Waals surface area (Å²) >= 11 is 0. The summed E-state index contributed by atoms with van der Waals surface area (Å²) in [6, 6.07) is 15.3. The van der Waals surface area contributed by atoms with E-state index in [1.54, 1.807) is 30.3 Å². The van der Waals surface area contributed by atoms with Crippen molar-refractivity contribution in [3.8, 4) is 11.5 Å². The smallest absolute Gasteiger partial charge is 0.416 e. The van der Waals surface area contributed by atoms with Crippen LogP contribution in [-0.4, -0.2) is 34.6 Å². The Labute approximate surface area is 200 Å². The predicted octanol–water partition coefficient (Wildman–Crippen LogP) is 4.25.